The molecule has 0 heterocycles. The number of carbonyl (C=O) groups excluding carboxylic acids is 1. The number of anilines is 1. The molecule has 3 aromatic carbocycles. The number of alkyl halides is 3. The Kier molecular flexibility index (Phi) is 6.65. The van der Waals surface area contributed by atoms with E-state index >= 15 is 0 Å². The van der Waals surface area contributed by atoms with Gasteiger partial charge in [-0.3, -0.25) is 4.79 Å². The number of Topliss-reactive ketones (excluding diaryl/α,β-unsaturated/α-hetero) is 1. The number of rotatable bonds is 7. The van der Waals surface area contributed by atoms with Gasteiger partial charge in [-0.25, -0.2) is 0 Å². The monoisotopic (exact) mass is 427 g/mol. The second-order valence-electron chi connectivity index (χ2n) is 6.56. The van der Waals surface area contributed by atoms with Crippen LogP contribution in [0.15, 0.2) is 79.0 Å². The van der Waals surface area contributed by atoms with Crippen LogP contribution in [0.3, 0.4) is 0 Å². The van der Waals surface area contributed by atoms with E-state index in [1.54, 1.807) is 55.6 Å². The minimum atomic E-state index is -4.41. The highest BCUT2D eigenvalue weighted by atomic mass is 19.4. The number of hydrogen-bond acceptors (Lipinski definition) is 4. The fraction of sp³-hybridized carbons (Fsp3) is 0.125. The van der Waals surface area contributed by atoms with Crippen molar-refractivity contribution in [2.75, 3.05) is 19.5 Å². The van der Waals surface area contributed by atoms with E-state index in [4.69, 9.17) is 9.47 Å². The molecule has 3 rings (SSSR count). The maximum absolute atomic E-state index is 13.2. The zero-order valence-electron chi connectivity index (χ0n) is 16.9. The smallest absolute Gasteiger partial charge is 0.416 e. The lowest BCUT2D eigenvalue weighted by molar-refractivity contribution is -0.137. The molecule has 0 saturated heterocycles. The van der Waals surface area contributed by atoms with Crippen LogP contribution in [0, 0.1) is 0 Å². The van der Waals surface area contributed by atoms with Crippen LogP contribution >= 0.6 is 0 Å². The summed E-state index contributed by atoms with van der Waals surface area (Å²) in [6, 6.07) is 18.2. The Morgan fingerprint density at radius 1 is 0.774 bits per heavy atom. The molecule has 0 spiro atoms. The number of ketones is 1. The van der Waals surface area contributed by atoms with E-state index in [1.165, 1.54) is 25.4 Å². The summed E-state index contributed by atoms with van der Waals surface area (Å²) in [7, 11) is 3.08. The van der Waals surface area contributed by atoms with Gasteiger partial charge < -0.3 is 14.8 Å². The Morgan fingerprint density at radius 3 is 1.71 bits per heavy atom. The third-order valence-electron chi connectivity index (χ3n) is 4.59. The molecule has 4 nitrogen and oxygen atoms in total. The van der Waals surface area contributed by atoms with Crippen LogP contribution in [0.1, 0.15) is 21.5 Å². The fourth-order valence-electron chi connectivity index (χ4n) is 2.86. The summed E-state index contributed by atoms with van der Waals surface area (Å²) in [4.78, 5) is 13.2. The molecule has 0 aliphatic rings. The Hall–Kier alpha value is -3.74. The number of carbonyl (C=O) groups is 1. The normalized spacial score (nSPS) is 11.7. The second kappa shape index (κ2) is 9.38. The molecule has 0 aromatic heterocycles. The maximum Gasteiger partial charge on any atom is 0.416 e. The SMILES string of the molecule is COc1ccc(C(=O)C(=CNc2ccc(C(F)(F)F)cc2)c2ccc(OC)cc2)cc1. The Bertz CT molecular complexity index is 1060. The quantitative estimate of drug-likeness (QED) is 0.368. The summed E-state index contributed by atoms with van der Waals surface area (Å²) in [6.07, 6.45) is -2.93. The first-order chi connectivity index (χ1) is 14.8. The van der Waals surface area contributed by atoms with Gasteiger partial charge in [-0.2, -0.15) is 13.2 Å². The first-order valence-electron chi connectivity index (χ1n) is 9.29. The van der Waals surface area contributed by atoms with Crippen molar-refractivity contribution in [1.82, 2.24) is 0 Å². The van der Waals surface area contributed by atoms with E-state index in [9.17, 15) is 18.0 Å². The van der Waals surface area contributed by atoms with Crippen LogP contribution in [-0.2, 0) is 6.18 Å². The molecule has 1 N–H and O–H groups in total. The van der Waals surface area contributed by atoms with Crippen molar-refractivity contribution in [3.05, 3.63) is 95.7 Å². The van der Waals surface area contributed by atoms with E-state index in [2.05, 4.69) is 5.32 Å². The number of benzene rings is 3. The van der Waals surface area contributed by atoms with Crippen molar-refractivity contribution in [2.24, 2.45) is 0 Å². The lowest BCUT2D eigenvalue weighted by Gasteiger charge is -2.11. The van der Waals surface area contributed by atoms with Gasteiger partial charge >= 0.3 is 6.18 Å². The molecule has 0 saturated carbocycles. The third kappa shape index (κ3) is 5.45. The third-order valence-corrected chi connectivity index (χ3v) is 4.59. The van der Waals surface area contributed by atoms with Crippen molar-refractivity contribution in [1.29, 1.82) is 0 Å². The van der Waals surface area contributed by atoms with Crippen LogP contribution in [0.5, 0.6) is 11.5 Å². The van der Waals surface area contributed by atoms with Crippen molar-refractivity contribution < 1.29 is 27.4 Å². The van der Waals surface area contributed by atoms with E-state index in [1.807, 2.05) is 0 Å². The van der Waals surface area contributed by atoms with Gasteiger partial charge in [0.15, 0.2) is 5.78 Å². The van der Waals surface area contributed by atoms with Gasteiger partial charge in [-0.1, -0.05) is 12.1 Å². The molecule has 0 aliphatic heterocycles. The first-order valence-corrected chi connectivity index (χ1v) is 9.29. The molecule has 0 fully saturated rings. The van der Waals surface area contributed by atoms with Gasteiger partial charge in [0.1, 0.15) is 11.5 Å². The lowest BCUT2D eigenvalue weighted by Crippen LogP contribution is -2.06. The zero-order valence-corrected chi connectivity index (χ0v) is 16.9. The molecule has 160 valence electrons. The number of methoxy groups -OCH3 is 2. The molecule has 0 amide bonds. The van der Waals surface area contributed by atoms with Gasteiger partial charge in [0.05, 0.1) is 19.8 Å². The van der Waals surface area contributed by atoms with Gasteiger partial charge in [0, 0.05) is 23.0 Å². The molecule has 3 aromatic rings. The summed E-state index contributed by atoms with van der Waals surface area (Å²) >= 11 is 0. The minimum Gasteiger partial charge on any atom is -0.497 e. The van der Waals surface area contributed by atoms with E-state index in [0.29, 0.717) is 33.9 Å². The molecule has 0 aliphatic carbocycles. The highest BCUT2D eigenvalue weighted by Crippen LogP contribution is 2.30. The van der Waals surface area contributed by atoms with Gasteiger partial charge in [0.25, 0.3) is 0 Å². The molecule has 7 heteroatoms. The predicted octanol–water partition coefficient (Wildman–Crippen LogP) is 6.06. The fourth-order valence-corrected chi connectivity index (χ4v) is 2.86. The highest BCUT2D eigenvalue weighted by molar-refractivity contribution is 6.29. The van der Waals surface area contributed by atoms with Crippen LogP contribution < -0.4 is 14.8 Å². The summed E-state index contributed by atoms with van der Waals surface area (Å²) in [6.45, 7) is 0. The summed E-state index contributed by atoms with van der Waals surface area (Å²) in [5.74, 6) is 0.998. The topological polar surface area (TPSA) is 47.6 Å². The van der Waals surface area contributed by atoms with Crippen molar-refractivity contribution in [2.45, 2.75) is 6.18 Å². The number of halogens is 3. The van der Waals surface area contributed by atoms with Gasteiger partial charge in [0.2, 0.25) is 0 Å². The molecule has 0 radical (unpaired) electrons. The number of ether oxygens (including phenoxy) is 2. The van der Waals surface area contributed by atoms with Crippen LogP contribution in [0.25, 0.3) is 5.57 Å². The lowest BCUT2D eigenvalue weighted by atomic mass is 9.97. The molecule has 0 bridgehead atoms. The maximum atomic E-state index is 13.2. The zero-order chi connectivity index (χ0) is 22.4. The highest BCUT2D eigenvalue weighted by Gasteiger charge is 2.29. The number of allylic oxidation sites excluding steroid dienone is 1. The van der Waals surface area contributed by atoms with Crippen LogP contribution in [-0.4, -0.2) is 20.0 Å². The van der Waals surface area contributed by atoms with E-state index < -0.39 is 11.7 Å². The van der Waals surface area contributed by atoms with Crippen LogP contribution in [0.4, 0.5) is 18.9 Å². The van der Waals surface area contributed by atoms with Crippen molar-refractivity contribution >= 4 is 17.0 Å². The standard InChI is InChI=1S/C24H20F3NO3/c1-30-20-11-3-16(4-12-20)22(23(29)17-5-13-21(31-2)14-6-17)15-28-19-9-7-18(8-10-19)24(25,26)27/h3-15,28H,1-2H3. The van der Waals surface area contributed by atoms with Crippen molar-refractivity contribution in [3.8, 4) is 11.5 Å². The average molecular weight is 427 g/mol. The molecular weight excluding hydrogens is 407 g/mol. The van der Waals surface area contributed by atoms with Gasteiger partial charge in [-0.15, -0.1) is 0 Å². The summed E-state index contributed by atoms with van der Waals surface area (Å²) < 4.78 is 48.6. The van der Waals surface area contributed by atoms with Crippen molar-refractivity contribution in [3.63, 3.8) is 0 Å². The number of hydrogen-bond donors (Lipinski definition) is 1. The average Bonchev–Trinajstić information content (AvgIpc) is 2.79. The molecule has 31 heavy (non-hydrogen) atoms. The largest absolute Gasteiger partial charge is 0.497 e. The minimum absolute atomic E-state index is 0.257. The Balaban J connectivity index is 1.93. The summed E-state index contributed by atoms with van der Waals surface area (Å²) in [5.41, 5.74) is 1.08. The van der Waals surface area contributed by atoms with Gasteiger partial charge in [-0.05, 0) is 66.2 Å². The van der Waals surface area contributed by atoms with Crippen LogP contribution in [0.2, 0.25) is 0 Å². The number of nitrogens with one attached hydrogen (secondary N) is 1. The molecule has 0 unspecified atom stereocenters. The van der Waals surface area contributed by atoms with E-state index in [-0.39, 0.29) is 5.78 Å². The first kappa shape index (κ1) is 22.0. The summed E-state index contributed by atoms with van der Waals surface area (Å²) in [5, 5.41) is 2.92. The van der Waals surface area contributed by atoms with E-state index in [0.717, 1.165) is 12.1 Å². The Morgan fingerprint density at radius 2 is 1.26 bits per heavy atom. The molecular formula is C24H20F3NO3. The second-order valence-corrected chi connectivity index (χ2v) is 6.56. The Labute approximate surface area is 177 Å². The predicted molar refractivity (Wildman–Crippen MR) is 113 cm³/mol. The molecule has 0 atom stereocenters.